The predicted octanol–water partition coefficient (Wildman–Crippen LogP) is 3.47. The van der Waals surface area contributed by atoms with Gasteiger partial charge in [0.05, 0.1) is 29.6 Å². The summed E-state index contributed by atoms with van der Waals surface area (Å²) in [6.45, 7) is 3.94. The Morgan fingerprint density at radius 3 is 2.68 bits per heavy atom. The number of nitrogen functional groups attached to an aromatic ring is 1. The first-order chi connectivity index (χ1) is 12.0. The molecule has 0 radical (unpaired) electrons. The fourth-order valence-electron chi connectivity index (χ4n) is 3.64. The Balaban J connectivity index is 2.00. The summed E-state index contributed by atoms with van der Waals surface area (Å²) in [5.74, 6) is 0. The van der Waals surface area contributed by atoms with Gasteiger partial charge in [-0.05, 0) is 49.9 Å². The molecule has 0 spiro atoms. The molecular formula is C20H20N4O. The number of aromatic nitrogens is 2. The summed E-state index contributed by atoms with van der Waals surface area (Å²) in [5.41, 5.74) is 12.4. The van der Waals surface area contributed by atoms with Crippen LogP contribution in [-0.4, -0.2) is 20.8 Å². The number of nitrogens with zero attached hydrogens (tertiary/aromatic N) is 3. The molecule has 1 fully saturated rings. The molecule has 0 aliphatic heterocycles. The highest BCUT2D eigenvalue weighted by molar-refractivity contribution is 5.98. The van der Waals surface area contributed by atoms with Crippen molar-refractivity contribution < 1.29 is 5.11 Å². The molecule has 0 bridgehead atoms. The zero-order chi connectivity index (χ0) is 17.7. The van der Waals surface area contributed by atoms with Crippen molar-refractivity contribution in [1.29, 1.82) is 5.26 Å². The van der Waals surface area contributed by atoms with Crippen LogP contribution in [0.3, 0.4) is 0 Å². The average molecular weight is 332 g/mol. The van der Waals surface area contributed by atoms with E-state index in [2.05, 4.69) is 27.9 Å². The van der Waals surface area contributed by atoms with Crippen LogP contribution < -0.4 is 5.73 Å². The van der Waals surface area contributed by atoms with Gasteiger partial charge in [0.25, 0.3) is 0 Å². The second-order valence-corrected chi connectivity index (χ2v) is 6.93. The molecule has 0 amide bonds. The summed E-state index contributed by atoms with van der Waals surface area (Å²) in [6, 6.07) is 6.58. The molecule has 2 aromatic heterocycles. The van der Waals surface area contributed by atoms with Gasteiger partial charge in [0.15, 0.2) is 0 Å². The third-order valence-corrected chi connectivity index (χ3v) is 5.33. The number of aryl methyl sites for hydroxylation is 1. The summed E-state index contributed by atoms with van der Waals surface area (Å²) in [6.07, 6.45) is 6.90. The Morgan fingerprint density at radius 1 is 1.24 bits per heavy atom. The molecule has 126 valence electrons. The highest BCUT2D eigenvalue weighted by Gasteiger charge is 2.30. The normalized spacial score (nSPS) is 19.6. The van der Waals surface area contributed by atoms with Crippen molar-refractivity contribution in [2.45, 2.75) is 38.8 Å². The van der Waals surface area contributed by atoms with E-state index in [1.807, 2.05) is 26.1 Å². The van der Waals surface area contributed by atoms with Gasteiger partial charge in [-0.1, -0.05) is 0 Å². The number of rotatable bonds is 2. The lowest BCUT2D eigenvalue weighted by Gasteiger charge is -2.33. The number of benzene rings is 1. The fraction of sp³-hybridized carbons (Fsp3) is 0.300. The number of nitrogens with two attached hydrogens (primary N) is 1. The van der Waals surface area contributed by atoms with Crippen LogP contribution in [0.15, 0.2) is 30.7 Å². The fourth-order valence-corrected chi connectivity index (χ4v) is 3.64. The van der Waals surface area contributed by atoms with Gasteiger partial charge in [0.1, 0.15) is 0 Å². The Hall–Kier alpha value is -2.84. The number of aliphatic hydroxyl groups is 1. The van der Waals surface area contributed by atoms with E-state index < -0.39 is 0 Å². The summed E-state index contributed by atoms with van der Waals surface area (Å²) in [7, 11) is 0. The lowest BCUT2D eigenvalue weighted by molar-refractivity contribution is 0.0504. The molecule has 5 heteroatoms. The van der Waals surface area contributed by atoms with Gasteiger partial charge >= 0.3 is 0 Å². The van der Waals surface area contributed by atoms with Gasteiger partial charge < -0.3 is 15.4 Å². The topological polar surface area (TPSA) is 87.9 Å². The zero-order valence-corrected chi connectivity index (χ0v) is 14.3. The van der Waals surface area contributed by atoms with Crippen molar-refractivity contribution in [1.82, 2.24) is 9.55 Å². The molecule has 25 heavy (non-hydrogen) atoms. The maximum absolute atomic E-state index is 9.71. The lowest BCUT2D eigenvalue weighted by atomic mass is 9.89. The third-order valence-electron chi connectivity index (χ3n) is 5.33. The van der Waals surface area contributed by atoms with Crippen LogP contribution in [0.4, 0.5) is 5.69 Å². The maximum Gasteiger partial charge on any atom is 0.0994 e. The number of hydrogen-bond donors (Lipinski definition) is 2. The Bertz CT molecular complexity index is 1020. The van der Waals surface area contributed by atoms with Crippen molar-refractivity contribution in [3.63, 3.8) is 0 Å². The highest BCUT2D eigenvalue weighted by atomic mass is 16.3. The van der Waals surface area contributed by atoms with Crippen LogP contribution >= 0.6 is 0 Å². The van der Waals surface area contributed by atoms with E-state index in [1.54, 1.807) is 6.20 Å². The molecule has 3 N–H and O–H groups in total. The quantitative estimate of drug-likeness (QED) is 0.752. The minimum absolute atomic E-state index is 0.221. The molecular weight excluding hydrogens is 312 g/mol. The Labute approximate surface area is 146 Å². The smallest absolute Gasteiger partial charge is 0.0994 e. The number of pyridine rings is 1. The Kier molecular flexibility index (Phi) is 3.52. The monoisotopic (exact) mass is 332 g/mol. The molecule has 0 atom stereocenters. The number of anilines is 1. The highest BCUT2D eigenvalue weighted by Crippen LogP contribution is 2.41. The van der Waals surface area contributed by atoms with Crippen LogP contribution in [0, 0.1) is 25.2 Å². The molecule has 1 aliphatic carbocycles. The Morgan fingerprint density at radius 2 is 2.00 bits per heavy atom. The minimum atomic E-state index is -0.221. The van der Waals surface area contributed by atoms with E-state index in [0.717, 1.165) is 46.0 Å². The maximum atomic E-state index is 9.71. The van der Waals surface area contributed by atoms with E-state index in [1.165, 1.54) is 0 Å². The molecule has 0 unspecified atom stereocenters. The van der Waals surface area contributed by atoms with Gasteiger partial charge in [0, 0.05) is 40.5 Å². The van der Waals surface area contributed by atoms with Gasteiger partial charge in [-0.25, -0.2) is 0 Å². The van der Waals surface area contributed by atoms with E-state index in [0.29, 0.717) is 11.3 Å². The molecule has 1 aliphatic rings. The molecule has 1 saturated carbocycles. The summed E-state index contributed by atoms with van der Waals surface area (Å²) in [5, 5.41) is 20.2. The van der Waals surface area contributed by atoms with Gasteiger partial charge in [-0.2, -0.15) is 5.26 Å². The van der Waals surface area contributed by atoms with Crippen molar-refractivity contribution in [3.05, 3.63) is 47.4 Å². The summed E-state index contributed by atoms with van der Waals surface area (Å²) >= 11 is 0. The summed E-state index contributed by atoms with van der Waals surface area (Å²) in [4.78, 5) is 4.25. The van der Waals surface area contributed by atoms with E-state index >= 15 is 0 Å². The van der Waals surface area contributed by atoms with Crippen LogP contribution in [0.5, 0.6) is 0 Å². The van der Waals surface area contributed by atoms with Crippen LogP contribution in [0.25, 0.3) is 22.0 Å². The van der Waals surface area contributed by atoms with Crippen LogP contribution in [0.1, 0.15) is 35.6 Å². The standard InChI is InChI=1S/C20H20N4O/c1-11-3-20-16(4-13(11)7-21)18(10-24(20)14-5-15(25)6-14)17-8-23-9-19(22)12(17)2/h3-4,8-10,14-15,25H,5-6,22H2,1-2H3/t14-,15+. The van der Waals surface area contributed by atoms with Crippen molar-refractivity contribution in [2.24, 2.45) is 0 Å². The minimum Gasteiger partial charge on any atom is -0.397 e. The first-order valence-corrected chi connectivity index (χ1v) is 8.43. The molecule has 5 nitrogen and oxygen atoms in total. The molecule has 0 saturated heterocycles. The largest absolute Gasteiger partial charge is 0.397 e. The predicted molar refractivity (Wildman–Crippen MR) is 98.0 cm³/mol. The van der Waals surface area contributed by atoms with Crippen molar-refractivity contribution >= 4 is 16.6 Å². The lowest BCUT2D eigenvalue weighted by Crippen LogP contribution is -2.30. The van der Waals surface area contributed by atoms with Gasteiger partial charge in [-0.15, -0.1) is 0 Å². The van der Waals surface area contributed by atoms with Gasteiger partial charge in [-0.3, -0.25) is 4.98 Å². The molecule has 3 aromatic rings. The first kappa shape index (κ1) is 15.7. The second kappa shape index (κ2) is 5.61. The van der Waals surface area contributed by atoms with Crippen molar-refractivity contribution in [3.8, 4) is 17.2 Å². The van der Waals surface area contributed by atoms with E-state index in [-0.39, 0.29) is 12.1 Å². The molecule has 4 rings (SSSR count). The molecule has 2 heterocycles. The SMILES string of the molecule is Cc1cc2c(cc1C#N)c(-c1cncc(N)c1C)cn2[C@H]1C[C@@H](O)C1. The average Bonchev–Trinajstić information content (AvgIpc) is 2.91. The molecule has 1 aromatic carbocycles. The van der Waals surface area contributed by atoms with Crippen LogP contribution in [-0.2, 0) is 0 Å². The van der Waals surface area contributed by atoms with E-state index in [9.17, 15) is 10.4 Å². The van der Waals surface area contributed by atoms with Crippen molar-refractivity contribution in [2.75, 3.05) is 5.73 Å². The van der Waals surface area contributed by atoms with Crippen LogP contribution in [0.2, 0.25) is 0 Å². The number of hydrogen-bond acceptors (Lipinski definition) is 4. The first-order valence-electron chi connectivity index (χ1n) is 8.43. The second-order valence-electron chi connectivity index (χ2n) is 6.93. The summed E-state index contributed by atoms with van der Waals surface area (Å²) < 4.78 is 2.23. The van der Waals surface area contributed by atoms with Gasteiger partial charge in [0.2, 0.25) is 0 Å². The van der Waals surface area contributed by atoms with E-state index in [4.69, 9.17) is 5.73 Å². The number of aliphatic hydroxyl groups excluding tert-OH is 1. The number of fused-ring (bicyclic) bond motifs is 1. The number of nitriles is 1. The zero-order valence-electron chi connectivity index (χ0n) is 14.3. The third kappa shape index (κ3) is 2.38.